The lowest BCUT2D eigenvalue weighted by Gasteiger charge is -2.06. The molecule has 2 nitrogen and oxygen atoms in total. The molecular weight excluding hydrogens is 288 g/mol. The van der Waals surface area contributed by atoms with Crippen LogP contribution >= 0.6 is 27.5 Å². The second-order valence-electron chi connectivity index (χ2n) is 3.35. The van der Waals surface area contributed by atoms with E-state index in [9.17, 15) is 0 Å². The standard InChI is InChI=1S/C12H10BrClN2/c13-10-3-1-2-9(6-10)8-16-11-4-5-15-12(14)7-11/h1-7H,8H2,(H,15,16). The van der Waals surface area contributed by atoms with Gasteiger partial charge in [0.25, 0.3) is 0 Å². The van der Waals surface area contributed by atoms with E-state index < -0.39 is 0 Å². The van der Waals surface area contributed by atoms with Gasteiger partial charge in [-0.05, 0) is 29.8 Å². The van der Waals surface area contributed by atoms with Gasteiger partial charge in [-0.25, -0.2) is 4.98 Å². The van der Waals surface area contributed by atoms with Crippen molar-refractivity contribution in [1.29, 1.82) is 0 Å². The Balaban J connectivity index is 2.02. The second-order valence-corrected chi connectivity index (χ2v) is 4.65. The molecule has 1 N–H and O–H groups in total. The number of nitrogens with one attached hydrogen (secondary N) is 1. The van der Waals surface area contributed by atoms with E-state index in [1.54, 1.807) is 12.3 Å². The Morgan fingerprint density at radius 3 is 2.88 bits per heavy atom. The Labute approximate surface area is 108 Å². The zero-order valence-electron chi connectivity index (χ0n) is 8.45. The smallest absolute Gasteiger partial charge is 0.131 e. The van der Waals surface area contributed by atoms with Crippen LogP contribution in [0.5, 0.6) is 0 Å². The number of rotatable bonds is 3. The minimum Gasteiger partial charge on any atom is -0.381 e. The van der Waals surface area contributed by atoms with Crippen molar-refractivity contribution in [3.05, 3.63) is 57.8 Å². The van der Waals surface area contributed by atoms with E-state index in [1.807, 2.05) is 18.2 Å². The fourth-order valence-corrected chi connectivity index (χ4v) is 1.98. The molecule has 0 amide bonds. The summed E-state index contributed by atoms with van der Waals surface area (Å²) in [5.74, 6) is 0. The molecule has 2 aromatic rings. The third kappa shape index (κ3) is 3.22. The molecular formula is C12H10BrClN2. The molecule has 4 heteroatoms. The summed E-state index contributed by atoms with van der Waals surface area (Å²) in [6.07, 6.45) is 1.69. The van der Waals surface area contributed by atoms with Crippen molar-refractivity contribution in [3.63, 3.8) is 0 Å². The average molecular weight is 298 g/mol. The lowest BCUT2D eigenvalue weighted by atomic mass is 10.2. The Hall–Kier alpha value is -1.06. The highest BCUT2D eigenvalue weighted by Gasteiger charge is 1.96. The Morgan fingerprint density at radius 2 is 2.12 bits per heavy atom. The van der Waals surface area contributed by atoms with Crippen LogP contribution in [0, 0.1) is 0 Å². The first-order valence-electron chi connectivity index (χ1n) is 4.84. The summed E-state index contributed by atoms with van der Waals surface area (Å²) in [5, 5.41) is 3.78. The van der Waals surface area contributed by atoms with Crippen molar-refractivity contribution in [1.82, 2.24) is 4.98 Å². The molecule has 0 saturated carbocycles. The predicted molar refractivity (Wildman–Crippen MR) is 70.7 cm³/mol. The molecule has 82 valence electrons. The fraction of sp³-hybridized carbons (Fsp3) is 0.0833. The van der Waals surface area contributed by atoms with E-state index >= 15 is 0 Å². The molecule has 0 spiro atoms. The molecule has 16 heavy (non-hydrogen) atoms. The van der Waals surface area contributed by atoms with Gasteiger partial charge >= 0.3 is 0 Å². The van der Waals surface area contributed by atoms with Crippen LogP contribution < -0.4 is 5.32 Å². The lowest BCUT2D eigenvalue weighted by molar-refractivity contribution is 1.14. The zero-order chi connectivity index (χ0) is 11.4. The number of pyridine rings is 1. The quantitative estimate of drug-likeness (QED) is 0.862. The van der Waals surface area contributed by atoms with Crippen LogP contribution in [-0.2, 0) is 6.54 Å². The van der Waals surface area contributed by atoms with Crippen molar-refractivity contribution in [2.24, 2.45) is 0 Å². The van der Waals surface area contributed by atoms with Gasteiger partial charge in [0.05, 0.1) is 0 Å². The first-order valence-corrected chi connectivity index (χ1v) is 6.01. The number of hydrogen-bond acceptors (Lipinski definition) is 2. The first-order chi connectivity index (χ1) is 7.74. The molecule has 1 aromatic carbocycles. The summed E-state index contributed by atoms with van der Waals surface area (Å²) < 4.78 is 1.08. The Kier molecular flexibility index (Phi) is 3.80. The Bertz CT molecular complexity index is 442. The highest BCUT2D eigenvalue weighted by atomic mass is 79.9. The molecule has 0 atom stereocenters. The number of halogens is 2. The van der Waals surface area contributed by atoms with Gasteiger partial charge in [-0.2, -0.15) is 0 Å². The van der Waals surface area contributed by atoms with Crippen LogP contribution in [-0.4, -0.2) is 4.98 Å². The van der Waals surface area contributed by atoms with Gasteiger partial charge in [-0.3, -0.25) is 0 Å². The highest BCUT2D eigenvalue weighted by molar-refractivity contribution is 9.10. The number of nitrogens with zero attached hydrogens (tertiary/aromatic N) is 1. The monoisotopic (exact) mass is 296 g/mol. The summed E-state index contributed by atoms with van der Waals surface area (Å²) >= 11 is 9.23. The van der Waals surface area contributed by atoms with Gasteiger partial charge < -0.3 is 5.32 Å². The van der Waals surface area contributed by atoms with Crippen LogP contribution in [0.1, 0.15) is 5.56 Å². The molecule has 0 aliphatic carbocycles. The van der Waals surface area contributed by atoms with E-state index in [-0.39, 0.29) is 0 Å². The first kappa shape index (κ1) is 11.4. The predicted octanol–water partition coefficient (Wildman–Crippen LogP) is 4.11. The van der Waals surface area contributed by atoms with E-state index in [4.69, 9.17) is 11.6 Å². The molecule has 0 saturated heterocycles. The third-order valence-electron chi connectivity index (χ3n) is 2.11. The van der Waals surface area contributed by atoms with Gasteiger partial charge in [0.2, 0.25) is 0 Å². The van der Waals surface area contributed by atoms with Crippen molar-refractivity contribution in [2.75, 3.05) is 5.32 Å². The van der Waals surface area contributed by atoms with Gasteiger partial charge in [0.15, 0.2) is 0 Å². The molecule has 0 unspecified atom stereocenters. The van der Waals surface area contributed by atoms with E-state index in [2.05, 4.69) is 38.4 Å². The maximum absolute atomic E-state index is 5.79. The maximum atomic E-state index is 5.79. The number of anilines is 1. The van der Waals surface area contributed by atoms with Gasteiger partial charge in [-0.1, -0.05) is 39.7 Å². The molecule has 0 bridgehead atoms. The molecule has 0 fully saturated rings. The van der Waals surface area contributed by atoms with Crippen LogP contribution in [0.4, 0.5) is 5.69 Å². The zero-order valence-corrected chi connectivity index (χ0v) is 10.8. The molecule has 1 heterocycles. The van der Waals surface area contributed by atoms with E-state index in [0.29, 0.717) is 5.15 Å². The maximum Gasteiger partial charge on any atom is 0.131 e. The second kappa shape index (κ2) is 5.32. The van der Waals surface area contributed by atoms with Crippen molar-refractivity contribution in [3.8, 4) is 0 Å². The molecule has 2 rings (SSSR count). The average Bonchev–Trinajstić information content (AvgIpc) is 2.27. The number of benzene rings is 1. The van der Waals surface area contributed by atoms with E-state index in [0.717, 1.165) is 16.7 Å². The van der Waals surface area contributed by atoms with Crippen molar-refractivity contribution in [2.45, 2.75) is 6.54 Å². The minimum absolute atomic E-state index is 0.499. The Morgan fingerprint density at radius 1 is 1.25 bits per heavy atom. The van der Waals surface area contributed by atoms with Crippen molar-refractivity contribution >= 4 is 33.2 Å². The van der Waals surface area contributed by atoms with Gasteiger partial charge in [0.1, 0.15) is 5.15 Å². The summed E-state index contributed by atoms with van der Waals surface area (Å²) in [5.41, 5.74) is 2.18. The van der Waals surface area contributed by atoms with Crippen molar-refractivity contribution < 1.29 is 0 Å². The summed E-state index contributed by atoms with van der Waals surface area (Å²) in [7, 11) is 0. The van der Waals surface area contributed by atoms with E-state index in [1.165, 1.54) is 5.56 Å². The minimum atomic E-state index is 0.499. The topological polar surface area (TPSA) is 24.9 Å². The van der Waals surface area contributed by atoms with Crippen LogP contribution in [0.15, 0.2) is 47.1 Å². The summed E-state index contributed by atoms with van der Waals surface area (Å²) in [6.45, 7) is 0.764. The van der Waals surface area contributed by atoms with Gasteiger partial charge in [0, 0.05) is 22.9 Å². The van der Waals surface area contributed by atoms with Crippen LogP contribution in [0.3, 0.4) is 0 Å². The molecule has 1 aromatic heterocycles. The van der Waals surface area contributed by atoms with Crippen LogP contribution in [0.25, 0.3) is 0 Å². The number of aromatic nitrogens is 1. The summed E-state index contributed by atoms with van der Waals surface area (Å²) in [6, 6.07) is 11.9. The molecule has 0 aliphatic heterocycles. The third-order valence-corrected chi connectivity index (χ3v) is 2.81. The van der Waals surface area contributed by atoms with Gasteiger partial charge in [-0.15, -0.1) is 0 Å². The highest BCUT2D eigenvalue weighted by Crippen LogP contribution is 2.15. The lowest BCUT2D eigenvalue weighted by Crippen LogP contribution is -1.99. The largest absolute Gasteiger partial charge is 0.381 e. The normalized spacial score (nSPS) is 10.1. The number of hydrogen-bond donors (Lipinski definition) is 1. The molecule has 0 radical (unpaired) electrons. The van der Waals surface area contributed by atoms with Crippen LogP contribution in [0.2, 0.25) is 5.15 Å². The molecule has 0 aliphatic rings. The summed E-state index contributed by atoms with van der Waals surface area (Å²) in [4.78, 5) is 3.93. The fourth-order valence-electron chi connectivity index (χ4n) is 1.36. The SMILES string of the molecule is Clc1cc(NCc2cccc(Br)c2)ccn1.